The van der Waals surface area contributed by atoms with Gasteiger partial charge in [-0.25, -0.2) is 4.90 Å². The third-order valence-corrected chi connectivity index (χ3v) is 8.67. The quantitative estimate of drug-likeness (QED) is 0.157. The molecule has 0 radical (unpaired) electrons. The summed E-state index contributed by atoms with van der Waals surface area (Å²) in [5.74, 6) is -4.34. The number of phenols is 1. The van der Waals surface area contributed by atoms with Crippen LogP contribution in [-0.2, 0) is 26.6 Å². The molecule has 6 nitrogen and oxygen atoms in total. The molecule has 0 saturated carbocycles. The summed E-state index contributed by atoms with van der Waals surface area (Å²) in [6.45, 7) is 3.77. The Morgan fingerprint density at radius 1 is 1.00 bits per heavy atom. The highest BCUT2D eigenvalue weighted by Gasteiger charge is 2.57. The first kappa shape index (κ1) is 31.8. The second kappa shape index (κ2) is 11.7. The van der Waals surface area contributed by atoms with Crippen LogP contribution in [0.3, 0.4) is 0 Å². The molecule has 2 aromatic rings. The first-order valence-corrected chi connectivity index (χ1v) is 14.3. The highest BCUT2D eigenvalue weighted by Crippen LogP contribution is 2.52. The lowest BCUT2D eigenvalue weighted by molar-refractivity contribution is -0.143. The molecule has 2 fully saturated rings. The maximum absolute atomic E-state index is 13.8. The molecule has 234 valence electrons. The van der Waals surface area contributed by atoms with E-state index in [-0.39, 0.29) is 24.6 Å². The van der Waals surface area contributed by atoms with Crippen molar-refractivity contribution < 1.29 is 50.7 Å². The molecular weight excluding hydrogens is 591 g/mol. The molecule has 2 saturated heterocycles. The van der Waals surface area contributed by atoms with E-state index in [4.69, 9.17) is 4.65 Å². The Bertz CT molecular complexity index is 1480. The van der Waals surface area contributed by atoms with Gasteiger partial charge in [-0.15, -0.1) is 0 Å². The van der Waals surface area contributed by atoms with Crippen LogP contribution in [0.4, 0.5) is 32.0 Å². The van der Waals surface area contributed by atoms with Gasteiger partial charge in [0.25, 0.3) is 0 Å². The third kappa shape index (κ3) is 6.17. The molecule has 2 aliphatic heterocycles. The van der Waals surface area contributed by atoms with E-state index >= 15 is 0 Å². The molecule has 5 rings (SSSR count). The summed E-state index contributed by atoms with van der Waals surface area (Å²) in [7, 11) is -1.28. The monoisotopic (exact) mass is 621 g/mol. The average molecular weight is 621 g/mol. The number of benzene rings is 2. The maximum atomic E-state index is 13.8. The van der Waals surface area contributed by atoms with Crippen LogP contribution in [0, 0.1) is 17.8 Å². The van der Waals surface area contributed by atoms with E-state index in [1.807, 2.05) is 19.9 Å². The number of hydrogen-bond acceptors (Lipinski definition) is 5. The number of fused-ring (bicyclic) bond motifs is 3. The largest absolute Gasteiger partial charge is 0.508 e. The normalized spacial score (nSPS) is 24.6. The lowest BCUT2D eigenvalue weighted by atomic mass is 9.58. The number of nitrogens with zero attached hydrogens (tertiary/aromatic N) is 1. The van der Waals surface area contributed by atoms with Gasteiger partial charge in [0.2, 0.25) is 11.8 Å². The van der Waals surface area contributed by atoms with Crippen LogP contribution in [0.25, 0.3) is 6.08 Å². The zero-order valence-electron chi connectivity index (χ0n) is 23.9. The van der Waals surface area contributed by atoms with Gasteiger partial charge in [0.1, 0.15) is 5.75 Å². The molecule has 0 aromatic heterocycles. The number of anilines is 1. The van der Waals surface area contributed by atoms with Crippen molar-refractivity contribution in [1.29, 1.82) is 0 Å². The summed E-state index contributed by atoms with van der Waals surface area (Å²) in [4.78, 5) is 27.8. The van der Waals surface area contributed by atoms with E-state index in [2.05, 4.69) is 0 Å². The number of aromatic hydroxyl groups is 1. The number of alkyl halides is 6. The lowest BCUT2D eigenvalue weighted by Crippen LogP contribution is -2.46. The molecule has 1 aliphatic carbocycles. The smallest absolute Gasteiger partial charge is 0.455 e. The first-order chi connectivity index (χ1) is 20.6. The van der Waals surface area contributed by atoms with E-state index in [0.29, 0.717) is 36.3 Å². The Morgan fingerprint density at radius 3 is 2.18 bits per heavy atom. The Balaban J connectivity index is 1.46. The number of amides is 2. The SMILES string of the molecule is CCC1=C2[C@@H](CC/C(C)=C/c3ccc(O)cc3)OB(O)C[C@@H]2[C@@H]2C(=O)N(c3cc(C(F)(F)F)cc(C(F)(F)F)c3)C(=O)[C@@H]2C1. The van der Waals surface area contributed by atoms with E-state index < -0.39 is 72.0 Å². The van der Waals surface area contributed by atoms with Gasteiger partial charge in [0, 0.05) is 0 Å². The van der Waals surface area contributed by atoms with E-state index in [9.17, 15) is 46.1 Å². The number of rotatable bonds is 6. The maximum Gasteiger partial charge on any atom is 0.455 e. The molecule has 2 aromatic carbocycles. The molecule has 0 unspecified atom stereocenters. The Hall–Kier alpha value is -3.58. The molecule has 44 heavy (non-hydrogen) atoms. The minimum Gasteiger partial charge on any atom is -0.508 e. The highest BCUT2D eigenvalue weighted by molar-refractivity contribution is 6.43. The van der Waals surface area contributed by atoms with Crippen molar-refractivity contribution in [3.8, 4) is 5.75 Å². The van der Waals surface area contributed by atoms with Crippen molar-refractivity contribution in [2.45, 2.75) is 64.3 Å². The molecule has 2 N–H and O–H groups in total. The van der Waals surface area contributed by atoms with Crippen LogP contribution in [0.2, 0.25) is 6.32 Å². The third-order valence-electron chi connectivity index (χ3n) is 8.67. The molecule has 2 heterocycles. The van der Waals surface area contributed by atoms with Crippen LogP contribution >= 0.6 is 0 Å². The Morgan fingerprint density at radius 2 is 1.61 bits per heavy atom. The van der Waals surface area contributed by atoms with Gasteiger partial charge in [-0.3, -0.25) is 9.59 Å². The second-order valence-corrected chi connectivity index (χ2v) is 11.6. The number of halogens is 6. The summed E-state index contributed by atoms with van der Waals surface area (Å²) in [5.41, 5.74) is -0.584. The zero-order chi connectivity index (χ0) is 32.1. The second-order valence-electron chi connectivity index (χ2n) is 11.6. The van der Waals surface area contributed by atoms with Crippen LogP contribution in [-0.4, -0.2) is 35.2 Å². The fraction of sp³-hybridized carbons (Fsp3) is 0.419. The average Bonchev–Trinajstić information content (AvgIpc) is 3.20. The highest BCUT2D eigenvalue weighted by atomic mass is 19.4. The van der Waals surface area contributed by atoms with Crippen LogP contribution in [0.1, 0.15) is 56.2 Å². The minimum atomic E-state index is -5.15. The molecule has 0 bridgehead atoms. The first-order valence-electron chi connectivity index (χ1n) is 14.3. The van der Waals surface area contributed by atoms with Gasteiger partial charge in [0.15, 0.2) is 0 Å². The zero-order valence-corrected chi connectivity index (χ0v) is 23.9. The molecule has 4 atom stereocenters. The fourth-order valence-corrected chi connectivity index (χ4v) is 6.71. The van der Waals surface area contributed by atoms with Gasteiger partial charge in [-0.2, -0.15) is 26.3 Å². The van der Waals surface area contributed by atoms with Crippen molar-refractivity contribution in [2.24, 2.45) is 17.8 Å². The predicted octanol–water partition coefficient (Wildman–Crippen LogP) is 7.02. The summed E-state index contributed by atoms with van der Waals surface area (Å²) >= 11 is 0. The molecule has 3 aliphatic rings. The fourth-order valence-electron chi connectivity index (χ4n) is 6.71. The molecule has 13 heteroatoms. The molecule has 0 spiro atoms. The number of phenolic OH excluding ortho intramolecular Hbond substituents is 1. The number of carbonyl (C=O) groups excluding carboxylic acids is 2. The van der Waals surface area contributed by atoms with Gasteiger partial charge in [-0.1, -0.05) is 36.3 Å². The van der Waals surface area contributed by atoms with Crippen molar-refractivity contribution in [3.63, 3.8) is 0 Å². The number of carbonyl (C=O) groups is 2. The number of hydrogen-bond donors (Lipinski definition) is 2. The molecule has 2 amide bonds. The van der Waals surface area contributed by atoms with E-state index in [1.165, 1.54) is 0 Å². The Kier molecular flexibility index (Phi) is 8.49. The van der Waals surface area contributed by atoms with Crippen molar-refractivity contribution >= 4 is 30.7 Å². The van der Waals surface area contributed by atoms with Crippen LogP contribution in [0.15, 0.2) is 59.2 Å². The van der Waals surface area contributed by atoms with Crippen LogP contribution in [0.5, 0.6) is 5.75 Å². The van der Waals surface area contributed by atoms with Crippen LogP contribution < -0.4 is 4.90 Å². The summed E-state index contributed by atoms with van der Waals surface area (Å²) in [5, 5.41) is 20.2. The predicted molar refractivity (Wildman–Crippen MR) is 150 cm³/mol. The van der Waals surface area contributed by atoms with Gasteiger partial charge in [0.05, 0.1) is 34.8 Å². The Labute approximate surface area is 250 Å². The van der Waals surface area contributed by atoms with E-state index in [1.54, 1.807) is 24.3 Å². The number of imide groups is 1. The summed E-state index contributed by atoms with van der Waals surface area (Å²) in [6.07, 6.45) is -7.44. The van der Waals surface area contributed by atoms with Crippen molar-refractivity contribution in [2.75, 3.05) is 4.90 Å². The van der Waals surface area contributed by atoms with Crippen molar-refractivity contribution in [1.82, 2.24) is 0 Å². The molecular formula is C31H30BF6NO5. The summed E-state index contributed by atoms with van der Waals surface area (Å²) in [6, 6.07) is 7.37. The lowest BCUT2D eigenvalue weighted by Gasteiger charge is -2.43. The standard InChI is InChI=1S/C31H30BF6NO5/c1-3-18-11-23-27(29(42)39(28(23)41)21-13-19(30(33,34)35)12-20(14-21)31(36,37)38)24-15-32(43)44-25(26(18)24)9-4-16(2)10-17-5-7-22(40)8-6-17/h5-8,10,12-14,23-25,27,40,43H,3-4,9,11,15H2,1-2H3/b16-10+/t23-,24+,25-,27-/m1/s1. The van der Waals surface area contributed by atoms with E-state index in [0.717, 1.165) is 22.3 Å². The number of allylic oxidation sites excluding steroid dienone is 2. The summed E-state index contributed by atoms with van der Waals surface area (Å²) < 4.78 is 87.3. The van der Waals surface area contributed by atoms with Gasteiger partial charge < -0.3 is 14.8 Å². The topological polar surface area (TPSA) is 87.1 Å². The minimum absolute atomic E-state index is 0.0396. The van der Waals surface area contributed by atoms with Gasteiger partial charge >= 0.3 is 19.5 Å². The van der Waals surface area contributed by atoms with Gasteiger partial charge in [-0.05, 0) is 86.3 Å². The van der Waals surface area contributed by atoms with Crippen molar-refractivity contribution in [3.05, 3.63) is 75.9 Å².